The van der Waals surface area contributed by atoms with E-state index in [-0.39, 0.29) is 0 Å². The lowest BCUT2D eigenvalue weighted by Crippen LogP contribution is -1.96. The van der Waals surface area contributed by atoms with Crippen LogP contribution in [0.25, 0.3) is 33.4 Å². The van der Waals surface area contributed by atoms with Gasteiger partial charge in [0.25, 0.3) is 0 Å². The van der Waals surface area contributed by atoms with Crippen molar-refractivity contribution < 1.29 is 0 Å². The Bertz CT molecular complexity index is 1230. The van der Waals surface area contributed by atoms with E-state index in [9.17, 15) is 0 Å². The fourth-order valence-corrected chi connectivity index (χ4v) is 4.34. The van der Waals surface area contributed by atoms with Gasteiger partial charge in [-0.1, -0.05) is 91.0 Å². The van der Waals surface area contributed by atoms with E-state index in [0.717, 1.165) is 32.8 Å². The van der Waals surface area contributed by atoms with Crippen LogP contribution in [-0.4, -0.2) is 4.98 Å². The molecule has 0 N–H and O–H groups in total. The summed E-state index contributed by atoms with van der Waals surface area (Å²) in [5, 5.41) is 0. The van der Waals surface area contributed by atoms with Gasteiger partial charge in [-0.2, -0.15) is 0 Å². The van der Waals surface area contributed by atoms with Crippen LogP contribution in [0.15, 0.2) is 133 Å². The van der Waals surface area contributed by atoms with Crippen LogP contribution in [0.5, 0.6) is 0 Å². The Labute approximate surface area is 193 Å². The zero-order valence-electron chi connectivity index (χ0n) is 17.4. The van der Waals surface area contributed by atoms with Crippen molar-refractivity contribution in [1.29, 1.82) is 0 Å². The number of aromatic nitrogens is 1. The number of hydrogen-bond donors (Lipinski definition) is 0. The van der Waals surface area contributed by atoms with Crippen molar-refractivity contribution >= 4 is 17.6 Å². The third-order valence-corrected chi connectivity index (χ3v) is 6.04. The lowest BCUT2D eigenvalue weighted by molar-refractivity contribution is 1.25. The molecule has 0 fully saturated rings. The highest BCUT2D eigenvalue weighted by Gasteiger charge is 2.17. The second kappa shape index (κ2) is 9.54. The summed E-state index contributed by atoms with van der Waals surface area (Å²) < 4.78 is 5.05. The van der Waals surface area contributed by atoms with Gasteiger partial charge in [0.15, 0.2) is 0 Å². The zero-order valence-corrected chi connectivity index (χ0v) is 18.2. The highest BCUT2D eigenvalue weighted by atomic mass is 32.2. The average Bonchev–Trinajstić information content (AvgIpc) is 2.89. The molecule has 0 bridgehead atoms. The summed E-state index contributed by atoms with van der Waals surface area (Å²) in [7, 11) is 0. The third-order valence-electron chi connectivity index (χ3n) is 5.28. The van der Waals surface area contributed by atoms with Gasteiger partial charge >= 0.3 is 0 Å². The van der Waals surface area contributed by atoms with Crippen LogP contribution in [0, 0.1) is 0 Å². The van der Waals surface area contributed by atoms with E-state index in [1.807, 2.05) is 24.3 Å². The Kier molecular flexibility index (Phi) is 6.00. The molecule has 0 aliphatic rings. The molecule has 1 heterocycles. The monoisotopic (exact) mass is 429 g/mol. The first-order valence-corrected chi connectivity index (χ1v) is 11.3. The van der Waals surface area contributed by atoms with Crippen molar-refractivity contribution in [1.82, 2.24) is 9.71 Å². The molecule has 3 heteroatoms. The van der Waals surface area contributed by atoms with E-state index in [2.05, 4.69) is 96.0 Å². The molecule has 2 nitrogen and oxygen atoms in total. The van der Waals surface area contributed by atoms with E-state index in [1.54, 1.807) is 12.4 Å². The lowest BCUT2D eigenvalue weighted by atomic mass is 9.91. The highest BCUT2D eigenvalue weighted by molar-refractivity contribution is 7.97. The standard InChI is InChI=1S/C29H21N2S/c1-4-10-22(11-5-1)25-20-27(23-12-6-2-7-13-23)29(31-32-26-16-18-30-19-17-26)28(21-25)24-14-8-3-9-15-24/h1-21H. The predicted molar refractivity (Wildman–Crippen MR) is 135 cm³/mol. The average molecular weight is 430 g/mol. The molecule has 0 saturated carbocycles. The number of benzene rings is 4. The van der Waals surface area contributed by atoms with Crippen molar-refractivity contribution in [2.45, 2.75) is 4.90 Å². The maximum Gasteiger partial charge on any atom is 0.0874 e. The van der Waals surface area contributed by atoms with Crippen molar-refractivity contribution in [2.75, 3.05) is 0 Å². The van der Waals surface area contributed by atoms with Gasteiger partial charge in [0, 0.05) is 40.4 Å². The summed E-state index contributed by atoms with van der Waals surface area (Å²) in [4.78, 5) is 5.18. The van der Waals surface area contributed by atoms with E-state index in [0.29, 0.717) is 0 Å². The molecule has 0 amide bonds. The summed E-state index contributed by atoms with van der Waals surface area (Å²) in [6.45, 7) is 0. The number of nitrogens with zero attached hydrogens (tertiary/aromatic N) is 2. The second-order valence-electron chi connectivity index (χ2n) is 7.38. The molecule has 1 radical (unpaired) electrons. The van der Waals surface area contributed by atoms with Crippen molar-refractivity contribution in [2.24, 2.45) is 0 Å². The molecule has 0 aliphatic carbocycles. The highest BCUT2D eigenvalue weighted by Crippen LogP contribution is 2.42. The zero-order chi connectivity index (χ0) is 21.6. The van der Waals surface area contributed by atoms with Gasteiger partial charge in [-0.05, 0) is 46.5 Å². The lowest BCUT2D eigenvalue weighted by Gasteiger charge is -2.17. The fourth-order valence-electron chi connectivity index (χ4n) is 3.70. The van der Waals surface area contributed by atoms with Gasteiger partial charge in [-0.3, -0.25) is 4.98 Å². The Morgan fingerprint density at radius 3 is 1.47 bits per heavy atom. The summed E-state index contributed by atoms with van der Waals surface area (Å²) in [5.41, 5.74) is 7.88. The molecule has 1 aromatic heterocycles. The minimum absolute atomic E-state index is 0.976. The first-order chi connectivity index (χ1) is 15.9. The molecular weight excluding hydrogens is 408 g/mol. The van der Waals surface area contributed by atoms with E-state index < -0.39 is 0 Å². The molecule has 153 valence electrons. The topological polar surface area (TPSA) is 27.0 Å². The predicted octanol–water partition coefficient (Wildman–Crippen LogP) is 8.03. The van der Waals surface area contributed by atoms with Crippen LogP contribution in [0.4, 0.5) is 5.69 Å². The molecule has 0 unspecified atom stereocenters. The molecule has 0 saturated heterocycles. The quantitative estimate of drug-likeness (QED) is 0.255. The summed E-state index contributed by atoms with van der Waals surface area (Å²) in [6.07, 6.45) is 3.60. The number of rotatable bonds is 6. The maximum absolute atomic E-state index is 5.05. The Hall–Kier alpha value is -3.82. The van der Waals surface area contributed by atoms with Crippen molar-refractivity contribution in [3.05, 3.63) is 128 Å². The van der Waals surface area contributed by atoms with Crippen LogP contribution in [0.3, 0.4) is 0 Å². The van der Waals surface area contributed by atoms with Gasteiger partial charge < -0.3 is 0 Å². The molecule has 0 aliphatic heterocycles. The number of pyridine rings is 1. The smallest absolute Gasteiger partial charge is 0.0874 e. The van der Waals surface area contributed by atoms with Crippen LogP contribution in [0.1, 0.15) is 0 Å². The summed E-state index contributed by atoms with van der Waals surface area (Å²) >= 11 is 1.48. The van der Waals surface area contributed by atoms with Gasteiger partial charge in [0.2, 0.25) is 0 Å². The van der Waals surface area contributed by atoms with Gasteiger partial charge in [-0.25, -0.2) is 4.72 Å². The summed E-state index contributed by atoms with van der Waals surface area (Å²) in [5.74, 6) is 0. The Balaban J connectivity index is 1.71. The SMILES string of the molecule is c1ccc(-c2cc(-c3ccccc3)c([N]Sc3ccncc3)c(-c3ccccc3)c2)cc1. The van der Waals surface area contributed by atoms with Gasteiger partial charge in [0.05, 0.1) is 5.69 Å². The molecule has 0 atom stereocenters. The minimum atomic E-state index is 0.976. The molecular formula is C29H21N2S. The first-order valence-electron chi connectivity index (χ1n) is 10.5. The third kappa shape index (κ3) is 4.43. The van der Waals surface area contributed by atoms with Crippen molar-refractivity contribution in [3.63, 3.8) is 0 Å². The normalized spacial score (nSPS) is 10.6. The van der Waals surface area contributed by atoms with E-state index >= 15 is 0 Å². The molecule has 5 aromatic rings. The van der Waals surface area contributed by atoms with Crippen LogP contribution < -0.4 is 4.72 Å². The van der Waals surface area contributed by atoms with Crippen molar-refractivity contribution in [3.8, 4) is 33.4 Å². The second-order valence-corrected chi connectivity index (χ2v) is 8.22. The molecule has 5 rings (SSSR count). The van der Waals surface area contributed by atoms with Crippen LogP contribution in [-0.2, 0) is 0 Å². The fraction of sp³-hybridized carbons (Fsp3) is 0. The van der Waals surface area contributed by atoms with Crippen LogP contribution in [0.2, 0.25) is 0 Å². The Morgan fingerprint density at radius 2 is 0.969 bits per heavy atom. The van der Waals surface area contributed by atoms with Crippen LogP contribution >= 0.6 is 11.9 Å². The molecule has 4 aromatic carbocycles. The van der Waals surface area contributed by atoms with E-state index in [1.165, 1.54) is 23.1 Å². The largest absolute Gasteiger partial charge is 0.265 e. The molecule has 0 spiro atoms. The minimum Gasteiger partial charge on any atom is -0.265 e. The maximum atomic E-state index is 5.05. The van der Waals surface area contributed by atoms with Gasteiger partial charge in [-0.15, -0.1) is 0 Å². The van der Waals surface area contributed by atoms with Gasteiger partial charge in [0.1, 0.15) is 0 Å². The number of hydrogen-bond acceptors (Lipinski definition) is 2. The summed E-state index contributed by atoms with van der Waals surface area (Å²) in [6, 6.07) is 40.0. The molecule has 32 heavy (non-hydrogen) atoms. The first kappa shape index (κ1) is 20.1. The Morgan fingerprint density at radius 1 is 0.500 bits per heavy atom. The van der Waals surface area contributed by atoms with E-state index in [4.69, 9.17) is 4.72 Å².